The van der Waals surface area contributed by atoms with Gasteiger partial charge in [-0.25, -0.2) is 0 Å². The SMILES string of the molecule is CC(=O)c1ccc(N(CCNC(=O)Cc2cccs2)C(C)=O)cc1. The Balaban J connectivity index is 1.90. The molecule has 0 aliphatic carbocycles. The third kappa shape index (κ3) is 5.03. The standard InChI is InChI=1S/C18H20N2O3S/c1-13(21)15-5-7-16(8-6-15)20(14(2)22)10-9-19-18(23)12-17-4-3-11-24-17/h3-8,11H,9-10,12H2,1-2H3,(H,19,23). The van der Waals surface area contributed by atoms with Crippen LogP contribution in [0.15, 0.2) is 41.8 Å². The molecule has 0 bridgehead atoms. The third-order valence-corrected chi connectivity index (χ3v) is 4.41. The molecule has 0 fully saturated rings. The van der Waals surface area contributed by atoms with Gasteiger partial charge >= 0.3 is 0 Å². The van der Waals surface area contributed by atoms with E-state index in [9.17, 15) is 14.4 Å². The van der Waals surface area contributed by atoms with Gasteiger partial charge in [-0.15, -0.1) is 11.3 Å². The Labute approximate surface area is 145 Å². The molecule has 0 aliphatic rings. The van der Waals surface area contributed by atoms with Crippen molar-refractivity contribution >= 4 is 34.6 Å². The third-order valence-electron chi connectivity index (χ3n) is 3.54. The summed E-state index contributed by atoms with van der Waals surface area (Å²) in [6.07, 6.45) is 0.352. The number of rotatable bonds is 7. The molecule has 0 aliphatic heterocycles. The van der Waals surface area contributed by atoms with Crippen molar-refractivity contribution in [1.82, 2.24) is 5.32 Å². The molecule has 24 heavy (non-hydrogen) atoms. The number of thiophene rings is 1. The number of benzene rings is 1. The average molecular weight is 344 g/mol. The summed E-state index contributed by atoms with van der Waals surface area (Å²) in [6.45, 7) is 3.73. The number of Topliss-reactive ketones (excluding diaryl/α,β-unsaturated/α-hetero) is 1. The van der Waals surface area contributed by atoms with Crippen LogP contribution in [-0.2, 0) is 16.0 Å². The quantitative estimate of drug-likeness (QED) is 0.785. The van der Waals surface area contributed by atoms with Gasteiger partial charge in [0.05, 0.1) is 6.42 Å². The molecule has 1 heterocycles. The minimum Gasteiger partial charge on any atom is -0.354 e. The molecule has 0 spiro atoms. The molecule has 2 rings (SSSR count). The van der Waals surface area contributed by atoms with E-state index in [1.807, 2.05) is 17.5 Å². The van der Waals surface area contributed by atoms with Gasteiger partial charge in [-0.2, -0.15) is 0 Å². The van der Waals surface area contributed by atoms with Crippen LogP contribution in [0.3, 0.4) is 0 Å². The van der Waals surface area contributed by atoms with Crippen LogP contribution in [0.1, 0.15) is 29.1 Å². The Bertz CT molecular complexity index is 708. The van der Waals surface area contributed by atoms with Gasteiger partial charge in [0.2, 0.25) is 11.8 Å². The first-order chi connectivity index (χ1) is 11.5. The predicted octanol–water partition coefficient (Wildman–Crippen LogP) is 2.66. The number of nitrogens with one attached hydrogen (secondary N) is 1. The molecule has 1 aromatic carbocycles. The lowest BCUT2D eigenvalue weighted by Crippen LogP contribution is -2.38. The number of hydrogen-bond donors (Lipinski definition) is 1. The van der Waals surface area contributed by atoms with E-state index < -0.39 is 0 Å². The lowest BCUT2D eigenvalue weighted by atomic mass is 10.1. The van der Waals surface area contributed by atoms with Crippen molar-refractivity contribution in [2.45, 2.75) is 20.3 Å². The summed E-state index contributed by atoms with van der Waals surface area (Å²) < 4.78 is 0. The Morgan fingerprint density at radius 3 is 2.33 bits per heavy atom. The lowest BCUT2D eigenvalue weighted by Gasteiger charge is -2.21. The largest absolute Gasteiger partial charge is 0.354 e. The molecular weight excluding hydrogens is 324 g/mol. The molecule has 1 N–H and O–H groups in total. The average Bonchev–Trinajstić information content (AvgIpc) is 3.04. The predicted molar refractivity (Wildman–Crippen MR) is 95.5 cm³/mol. The van der Waals surface area contributed by atoms with Crippen molar-refractivity contribution in [3.05, 3.63) is 52.2 Å². The van der Waals surface area contributed by atoms with Crippen LogP contribution in [0.4, 0.5) is 5.69 Å². The molecule has 0 saturated heterocycles. The van der Waals surface area contributed by atoms with Crippen LogP contribution in [-0.4, -0.2) is 30.7 Å². The van der Waals surface area contributed by atoms with Gasteiger partial charge in [-0.1, -0.05) is 6.07 Å². The van der Waals surface area contributed by atoms with Crippen molar-refractivity contribution in [2.75, 3.05) is 18.0 Å². The maximum absolute atomic E-state index is 11.9. The van der Waals surface area contributed by atoms with Crippen LogP contribution in [0.25, 0.3) is 0 Å². The highest BCUT2D eigenvalue weighted by atomic mass is 32.1. The minimum absolute atomic E-state index is 0.0169. The second kappa shape index (κ2) is 8.40. The van der Waals surface area contributed by atoms with Crippen molar-refractivity contribution in [2.24, 2.45) is 0 Å². The highest BCUT2D eigenvalue weighted by Gasteiger charge is 2.12. The van der Waals surface area contributed by atoms with Crippen molar-refractivity contribution in [3.8, 4) is 0 Å². The number of amides is 2. The van der Waals surface area contributed by atoms with E-state index >= 15 is 0 Å². The van der Waals surface area contributed by atoms with E-state index in [1.165, 1.54) is 13.8 Å². The van der Waals surface area contributed by atoms with Crippen LogP contribution in [0, 0.1) is 0 Å². The monoisotopic (exact) mass is 344 g/mol. The molecule has 6 heteroatoms. The summed E-state index contributed by atoms with van der Waals surface area (Å²) in [7, 11) is 0. The zero-order valence-electron chi connectivity index (χ0n) is 13.7. The first-order valence-electron chi connectivity index (χ1n) is 7.65. The number of carbonyl (C=O) groups is 3. The number of anilines is 1. The van der Waals surface area contributed by atoms with Crippen molar-refractivity contribution in [1.29, 1.82) is 0 Å². The summed E-state index contributed by atoms with van der Waals surface area (Å²) in [6, 6.07) is 10.7. The van der Waals surface area contributed by atoms with Crippen LogP contribution in [0.2, 0.25) is 0 Å². The van der Waals surface area contributed by atoms with Crippen LogP contribution in [0.5, 0.6) is 0 Å². The van der Waals surface area contributed by atoms with Crippen molar-refractivity contribution in [3.63, 3.8) is 0 Å². The Morgan fingerprint density at radius 1 is 1.08 bits per heavy atom. The molecule has 0 atom stereocenters. The van der Waals surface area contributed by atoms with Gasteiger partial charge in [0.1, 0.15) is 0 Å². The summed E-state index contributed by atoms with van der Waals surface area (Å²) >= 11 is 1.54. The highest BCUT2D eigenvalue weighted by Crippen LogP contribution is 2.15. The first kappa shape index (κ1) is 17.9. The Kier molecular flexibility index (Phi) is 6.26. The number of carbonyl (C=O) groups excluding carboxylic acids is 3. The summed E-state index contributed by atoms with van der Waals surface area (Å²) in [5, 5.41) is 4.76. The molecule has 2 aromatic rings. The van der Waals surface area contributed by atoms with Gasteiger partial charge in [0.15, 0.2) is 5.78 Å². The van der Waals surface area contributed by atoms with E-state index in [2.05, 4.69) is 5.32 Å². The number of nitrogens with zero attached hydrogens (tertiary/aromatic N) is 1. The van der Waals surface area contributed by atoms with Gasteiger partial charge in [-0.3, -0.25) is 14.4 Å². The normalized spacial score (nSPS) is 10.2. The minimum atomic E-state index is -0.113. The van der Waals surface area contributed by atoms with Gasteiger partial charge in [0.25, 0.3) is 0 Å². The van der Waals surface area contributed by atoms with Gasteiger partial charge in [-0.05, 0) is 42.6 Å². The van der Waals surface area contributed by atoms with Crippen LogP contribution >= 0.6 is 11.3 Å². The van der Waals surface area contributed by atoms with Crippen molar-refractivity contribution < 1.29 is 14.4 Å². The Morgan fingerprint density at radius 2 is 1.79 bits per heavy atom. The molecule has 0 saturated carbocycles. The fourth-order valence-electron chi connectivity index (χ4n) is 2.29. The highest BCUT2D eigenvalue weighted by molar-refractivity contribution is 7.10. The Hall–Kier alpha value is -2.47. The van der Waals surface area contributed by atoms with Gasteiger partial charge < -0.3 is 10.2 Å². The fraction of sp³-hybridized carbons (Fsp3) is 0.278. The van der Waals surface area contributed by atoms with Crippen LogP contribution < -0.4 is 10.2 Å². The fourth-order valence-corrected chi connectivity index (χ4v) is 2.99. The second-order valence-corrected chi connectivity index (χ2v) is 6.41. The summed E-state index contributed by atoms with van der Waals surface area (Å²) in [4.78, 5) is 37.6. The number of hydrogen-bond acceptors (Lipinski definition) is 4. The molecule has 1 aromatic heterocycles. The second-order valence-electron chi connectivity index (χ2n) is 5.38. The molecule has 5 nitrogen and oxygen atoms in total. The zero-order valence-corrected chi connectivity index (χ0v) is 14.6. The van der Waals surface area contributed by atoms with E-state index in [0.29, 0.717) is 30.8 Å². The number of ketones is 1. The zero-order chi connectivity index (χ0) is 17.5. The van der Waals surface area contributed by atoms with E-state index in [-0.39, 0.29) is 17.6 Å². The smallest absolute Gasteiger partial charge is 0.225 e. The molecule has 126 valence electrons. The van der Waals surface area contributed by atoms with Gasteiger partial charge in [0, 0.05) is 36.1 Å². The molecular formula is C18H20N2O3S. The maximum atomic E-state index is 11.9. The molecule has 0 radical (unpaired) electrons. The maximum Gasteiger partial charge on any atom is 0.225 e. The molecule has 0 unspecified atom stereocenters. The molecule has 2 amide bonds. The van der Waals surface area contributed by atoms with E-state index in [4.69, 9.17) is 0 Å². The first-order valence-corrected chi connectivity index (χ1v) is 8.53. The summed E-state index contributed by atoms with van der Waals surface area (Å²) in [5.41, 5.74) is 1.31. The lowest BCUT2D eigenvalue weighted by molar-refractivity contribution is -0.120. The summed E-state index contributed by atoms with van der Waals surface area (Å²) in [5.74, 6) is -0.192. The van der Waals surface area contributed by atoms with E-state index in [1.54, 1.807) is 40.5 Å². The topological polar surface area (TPSA) is 66.5 Å². The van der Waals surface area contributed by atoms with E-state index in [0.717, 1.165) is 4.88 Å².